The van der Waals surface area contributed by atoms with E-state index in [2.05, 4.69) is 0 Å². The highest BCUT2D eigenvalue weighted by Gasteiger charge is 2.16. The third-order valence-corrected chi connectivity index (χ3v) is 3.28. The van der Waals surface area contributed by atoms with Crippen LogP contribution in [0, 0.1) is 6.92 Å². The molecular formula is C17H16O4. The average molecular weight is 284 g/mol. The molecule has 0 atom stereocenters. The first-order chi connectivity index (χ1) is 10.0. The Hall–Kier alpha value is -2.62. The van der Waals surface area contributed by atoms with Crippen molar-refractivity contribution in [1.82, 2.24) is 0 Å². The van der Waals surface area contributed by atoms with Crippen LogP contribution in [0.2, 0.25) is 0 Å². The van der Waals surface area contributed by atoms with Crippen LogP contribution in [0.15, 0.2) is 42.5 Å². The predicted octanol–water partition coefficient (Wildman–Crippen LogP) is 3.08. The third kappa shape index (κ3) is 3.28. The van der Waals surface area contributed by atoms with Gasteiger partial charge < -0.3 is 9.84 Å². The molecule has 0 aliphatic carbocycles. The van der Waals surface area contributed by atoms with Gasteiger partial charge in [0, 0.05) is 0 Å². The summed E-state index contributed by atoms with van der Waals surface area (Å²) in [6.07, 6.45) is -0.0830. The summed E-state index contributed by atoms with van der Waals surface area (Å²) in [6, 6.07) is 12.6. The maximum absolute atomic E-state index is 11.9. The van der Waals surface area contributed by atoms with Crippen molar-refractivity contribution in [1.29, 1.82) is 0 Å². The lowest BCUT2D eigenvalue weighted by molar-refractivity contribution is -0.136. The second kappa shape index (κ2) is 6.22. The summed E-state index contributed by atoms with van der Waals surface area (Å²) in [6.45, 7) is 1.94. The Morgan fingerprint density at radius 3 is 2.43 bits per heavy atom. The minimum Gasteiger partial charge on any atom is -0.481 e. The molecule has 4 nitrogen and oxygen atoms in total. The molecule has 0 spiro atoms. The Balaban J connectivity index is 2.61. The van der Waals surface area contributed by atoms with Crippen LogP contribution in [0.25, 0.3) is 11.1 Å². The molecule has 0 radical (unpaired) electrons. The minimum atomic E-state index is -0.906. The van der Waals surface area contributed by atoms with E-state index in [1.54, 1.807) is 18.2 Å². The van der Waals surface area contributed by atoms with Gasteiger partial charge in [-0.25, -0.2) is 4.79 Å². The summed E-state index contributed by atoms with van der Waals surface area (Å²) in [7, 11) is 1.33. The van der Waals surface area contributed by atoms with Gasteiger partial charge in [0.15, 0.2) is 0 Å². The van der Waals surface area contributed by atoms with E-state index in [-0.39, 0.29) is 6.42 Å². The predicted molar refractivity (Wildman–Crippen MR) is 79.3 cm³/mol. The monoisotopic (exact) mass is 284 g/mol. The smallest absolute Gasteiger partial charge is 0.338 e. The van der Waals surface area contributed by atoms with Crippen molar-refractivity contribution < 1.29 is 19.4 Å². The van der Waals surface area contributed by atoms with Gasteiger partial charge in [-0.3, -0.25) is 4.79 Å². The highest BCUT2D eigenvalue weighted by Crippen LogP contribution is 2.28. The molecule has 21 heavy (non-hydrogen) atoms. The molecule has 108 valence electrons. The summed E-state index contributed by atoms with van der Waals surface area (Å²) in [5, 5.41) is 8.92. The van der Waals surface area contributed by atoms with Gasteiger partial charge in [-0.15, -0.1) is 0 Å². The highest BCUT2D eigenvalue weighted by molar-refractivity contribution is 5.98. The van der Waals surface area contributed by atoms with Crippen LogP contribution in [-0.4, -0.2) is 24.2 Å². The van der Waals surface area contributed by atoms with E-state index in [0.29, 0.717) is 16.7 Å². The molecule has 0 heterocycles. The largest absolute Gasteiger partial charge is 0.481 e. The Morgan fingerprint density at radius 1 is 1.10 bits per heavy atom. The van der Waals surface area contributed by atoms with Crippen LogP contribution >= 0.6 is 0 Å². The summed E-state index contributed by atoms with van der Waals surface area (Å²) in [4.78, 5) is 22.8. The molecule has 2 aromatic rings. The van der Waals surface area contributed by atoms with Crippen molar-refractivity contribution in [3.8, 4) is 11.1 Å². The number of esters is 1. The Bertz CT molecular complexity index is 689. The summed E-state index contributed by atoms with van der Waals surface area (Å²) >= 11 is 0. The quantitative estimate of drug-likeness (QED) is 0.876. The second-order valence-corrected chi connectivity index (χ2v) is 4.76. The number of carbonyl (C=O) groups excluding carboxylic acids is 1. The van der Waals surface area contributed by atoms with Gasteiger partial charge in [-0.1, -0.05) is 30.3 Å². The molecule has 0 unspecified atom stereocenters. The molecule has 1 N–H and O–H groups in total. The first kappa shape index (κ1) is 14.8. The van der Waals surface area contributed by atoms with Crippen molar-refractivity contribution in [2.24, 2.45) is 0 Å². The number of carbonyl (C=O) groups is 2. The molecule has 0 amide bonds. The number of ether oxygens (including phenoxy) is 1. The van der Waals surface area contributed by atoms with Crippen molar-refractivity contribution >= 4 is 11.9 Å². The fourth-order valence-corrected chi connectivity index (χ4v) is 2.26. The van der Waals surface area contributed by atoms with Crippen molar-refractivity contribution in [3.63, 3.8) is 0 Å². The zero-order valence-corrected chi connectivity index (χ0v) is 11.9. The van der Waals surface area contributed by atoms with Crippen LogP contribution in [0.4, 0.5) is 0 Å². The summed E-state index contributed by atoms with van der Waals surface area (Å²) < 4.78 is 4.80. The molecule has 0 fully saturated rings. The van der Waals surface area contributed by atoms with Crippen LogP contribution in [-0.2, 0) is 16.0 Å². The molecule has 0 bridgehead atoms. The minimum absolute atomic E-state index is 0.0830. The molecule has 2 aromatic carbocycles. The van der Waals surface area contributed by atoms with Crippen LogP contribution in [0.3, 0.4) is 0 Å². The number of aliphatic carboxylic acids is 1. The SMILES string of the molecule is COC(=O)c1ccc(CC(=O)O)cc1-c1ccccc1C. The zero-order chi connectivity index (χ0) is 15.4. The number of aryl methyl sites for hydroxylation is 1. The fourth-order valence-electron chi connectivity index (χ4n) is 2.26. The maximum atomic E-state index is 11.9. The molecule has 2 rings (SSSR count). The Morgan fingerprint density at radius 2 is 1.81 bits per heavy atom. The molecule has 0 saturated carbocycles. The van der Waals surface area contributed by atoms with Gasteiger partial charge in [-0.2, -0.15) is 0 Å². The Labute approximate surface area is 123 Å². The van der Waals surface area contributed by atoms with Gasteiger partial charge in [0.05, 0.1) is 19.1 Å². The number of carboxylic acid groups (broad SMARTS) is 1. The van der Waals surface area contributed by atoms with Gasteiger partial charge in [0.2, 0.25) is 0 Å². The summed E-state index contributed by atoms with van der Waals surface area (Å²) in [5.41, 5.74) is 3.67. The number of carboxylic acids is 1. The molecule has 0 aromatic heterocycles. The lowest BCUT2D eigenvalue weighted by Crippen LogP contribution is -2.06. The number of benzene rings is 2. The standard InChI is InChI=1S/C17H16O4/c1-11-5-3-4-6-13(11)15-9-12(10-16(18)19)7-8-14(15)17(20)21-2/h3-9H,10H2,1-2H3,(H,18,19). The number of rotatable bonds is 4. The van der Waals surface area contributed by atoms with Gasteiger partial charge in [0.25, 0.3) is 0 Å². The zero-order valence-electron chi connectivity index (χ0n) is 11.9. The van der Waals surface area contributed by atoms with E-state index in [1.807, 2.05) is 31.2 Å². The van der Waals surface area contributed by atoms with Crippen molar-refractivity contribution in [2.45, 2.75) is 13.3 Å². The van der Waals surface area contributed by atoms with E-state index < -0.39 is 11.9 Å². The molecule has 4 heteroatoms. The van der Waals surface area contributed by atoms with Gasteiger partial charge in [0.1, 0.15) is 0 Å². The van der Waals surface area contributed by atoms with E-state index >= 15 is 0 Å². The molecule has 0 aliphatic heterocycles. The topological polar surface area (TPSA) is 63.6 Å². The first-order valence-electron chi connectivity index (χ1n) is 6.52. The number of hydrogen-bond acceptors (Lipinski definition) is 3. The van der Waals surface area contributed by atoms with Crippen LogP contribution in [0.1, 0.15) is 21.5 Å². The second-order valence-electron chi connectivity index (χ2n) is 4.76. The third-order valence-electron chi connectivity index (χ3n) is 3.28. The number of methoxy groups -OCH3 is 1. The lowest BCUT2D eigenvalue weighted by Gasteiger charge is -2.12. The van der Waals surface area contributed by atoms with E-state index in [0.717, 1.165) is 11.1 Å². The lowest BCUT2D eigenvalue weighted by atomic mass is 9.93. The average Bonchev–Trinajstić information content (AvgIpc) is 2.46. The molecular weight excluding hydrogens is 268 g/mol. The summed E-state index contributed by atoms with van der Waals surface area (Å²) in [5.74, 6) is -1.34. The van der Waals surface area contributed by atoms with Crippen LogP contribution < -0.4 is 0 Å². The van der Waals surface area contributed by atoms with E-state index in [4.69, 9.17) is 9.84 Å². The van der Waals surface area contributed by atoms with E-state index in [1.165, 1.54) is 7.11 Å². The first-order valence-corrected chi connectivity index (χ1v) is 6.52. The normalized spacial score (nSPS) is 10.2. The molecule has 0 saturated heterocycles. The van der Waals surface area contributed by atoms with Crippen LogP contribution in [0.5, 0.6) is 0 Å². The number of hydrogen-bond donors (Lipinski definition) is 1. The highest BCUT2D eigenvalue weighted by atomic mass is 16.5. The van der Waals surface area contributed by atoms with Gasteiger partial charge >= 0.3 is 11.9 Å². The fraction of sp³-hybridized carbons (Fsp3) is 0.176. The Kier molecular flexibility index (Phi) is 4.38. The molecule has 0 aliphatic rings. The van der Waals surface area contributed by atoms with E-state index in [9.17, 15) is 9.59 Å². The van der Waals surface area contributed by atoms with Gasteiger partial charge in [-0.05, 0) is 41.3 Å². The van der Waals surface area contributed by atoms with Crippen molar-refractivity contribution in [2.75, 3.05) is 7.11 Å². The maximum Gasteiger partial charge on any atom is 0.338 e. The van der Waals surface area contributed by atoms with Crippen molar-refractivity contribution in [3.05, 3.63) is 59.2 Å².